The van der Waals surface area contributed by atoms with Crippen molar-refractivity contribution < 1.29 is 19.0 Å². The topological polar surface area (TPSA) is 48.0 Å². The van der Waals surface area contributed by atoms with Gasteiger partial charge in [0.2, 0.25) is 0 Å². The van der Waals surface area contributed by atoms with Crippen molar-refractivity contribution in [2.45, 2.75) is 33.0 Å². The van der Waals surface area contributed by atoms with Crippen LogP contribution in [0, 0.1) is 0 Å². The lowest BCUT2D eigenvalue weighted by Crippen LogP contribution is -2.46. The summed E-state index contributed by atoms with van der Waals surface area (Å²) in [6, 6.07) is 5.27. The van der Waals surface area contributed by atoms with Gasteiger partial charge in [0.1, 0.15) is 6.61 Å². The number of carbonyl (C=O) groups is 1. The van der Waals surface area contributed by atoms with Crippen molar-refractivity contribution in [3.63, 3.8) is 0 Å². The molecule has 1 aromatic rings. The van der Waals surface area contributed by atoms with Crippen LogP contribution >= 0.6 is 0 Å². The summed E-state index contributed by atoms with van der Waals surface area (Å²) < 4.78 is 16.8. The van der Waals surface area contributed by atoms with Gasteiger partial charge in [0.25, 0.3) is 0 Å². The van der Waals surface area contributed by atoms with E-state index in [1.165, 1.54) is 6.92 Å². The Morgan fingerprint density at radius 1 is 1.27 bits per heavy atom. The van der Waals surface area contributed by atoms with E-state index < -0.39 is 0 Å². The molecule has 0 saturated carbocycles. The van der Waals surface area contributed by atoms with E-state index in [9.17, 15) is 4.79 Å². The highest BCUT2D eigenvalue weighted by Crippen LogP contribution is 2.28. The highest BCUT2D eigenvalue weighted by Gasteiger charge is 2.21. The lowest BCUT2D eigenvalue weighted by atomic mass is 10.1. The van der Waals surface area contributed by atoms with Gasteiger partial charge in [-0.25, -0.2) is 0 Å². The van der Waals surface area contributed by atoms with Gasteiger partial charge in [0.15, 0.2) is 17.3 Å². The third-order valence-corrected chi connectivity index (χ3v) is 3.73. The smallest absolute Gasteiger partial charge is 0.161 e. The van der Waals surface area contributed by atoms with Gasteiger partial charge < -0.3 is 14.2 Å². The minimum Gasteiger partial charge on any atom is -0.493 e. The lowest BCUT2D eigenvalue weighted by molar-refractivity contribution is -0.0699. The van der Waals surface area contributed by atoms with Crippen LogP contribution in [0.4, 0.5) is 0 Å². The monoisotopic (exact) mass is 307 g/mol. The van der Waals surface area contributed by atoms with Gasteiger partial charge in [-0.1, -0.05) is 0 Å². The van der Waals surface area contributed by atoms with Crippen LogP contribution in [0.3, 0.4) is 0 Å². The highest BCUT2D eigenvalue weighted by atomic mass is 16.5. The van der Waals surface area contributed by atoms with Crippen LogP contribution in [0.5, 0.6) is 11.5 Å². The Kier molecular flexibility index (Phi) is 5.80. The first-order valence-electron chi connectivity index (χ1n) is 7.69. The molecule has 0 aromatic heterocycles. The number of hydrogen-bond donors (Lipinski definition) is 0. The fourth-order valence-corrected chi connectivity index (χ4v) is 2.76. The Hall–Kier alpha value is -1.59. The number of morpholine rings is 1. The Bertz CT molecular complexity index is 507. The van der Waals surface area contributed by atoms with Crippen LogP contribution in [-0.4, -0.2) is 56.2 Å². The zero-order valence-corrected chi connectivity index (χ0v) is 13.8. The summed E-state index contributed by atoms with van der Waals surface area (Å²) in [7, 11) is 1.58. The Balaban J connectivity index is 1.90. The number of methoxy groups -OCH3 is 1. The zero-order valence-electron chi connectivity index (χ0n) is 13.8. The maximum Gasteiger partial charge on any atom is 0.161 e. The maximum atomic E-state index is 11.4. The van der Waals surface area contributed by atoms with E-state index in [-0.39, 0.29) is 18.0 Å². The quantitative estimate of drug-likeness (QED) is 0.755. The van der Waals surface area contributed by atoms with Crippen LogP contribution in [0.1, 0.15) is 31.1 Å². The number of Topliss-reactive ketones (excluding diaryl/α,β-unsaturated/α-hetero) is 1. The van der Waals surface area contributed by atoms with Gasteiger partial charge in [-0.05, 0) is 39.0 Å². The molecule has 0 amide bonds. The number of rotatable bonds is 6. The lowest BCUT2D eigenvalue weighted by Gasteiger charge is -2.35. The maximum absolute atomic E-state index is 11.4. The Morgan fingerprint density at radius 3 is 2.55 bits per heavy atom. The van der Waals surface area contributed by atoms with Gasteiger partial charge in [-0.2, -0.15) is 0 Å². The molecule has 122 valence electrons. The van der Waals surface area contributed by atoms with E-state index in [4.69, 9.17) is 14.2 Å². The van der Waals surface area contributed by atoms with Crippen LogP contribution in [0.25, 0.3) is 0 Å². The molecule has 0 N–H and O–H groups in total. The fourth-order valence-electron chi connectivity index (χ4n) is 2.76. The van der Waals surface area contributed by atoms with Crippen LogP contribution in [-0.2, 0) is 4.74 Å². The Labute approximate surface area is 132 Å². The second kappa shape index (κ2) is 7.61. The van der Waals surface area contributed by atoms with E-state index in [2.05, 4.69) is 18.7 Å². The highest BCUT2D eigenvalue weighted by molar-refractivity contribution is 5.94. The van der Waals surface area contributed by atoms with Crippen LogP contribution < -0.4 is 9.47 Å². The molecule has 1 aliphatic heterocycles. The normalized spacial score (nSPS) is 22.4. The minimum atomic E-state index is 0.0149. The summed E-state index contributed by atoms with van der Waals surface area (Å²) in [6.07, 6.45) is 0.515. The van der Waals surface area contributed by atoms with Crippen LogP contribution in [0.15, 0.2) is 18.2 Å². The molecule has 0 spiro atoms. The number of carbonyl (C=O) groups excluding carboxylic acids is 1. The SMILES string of the molecule is COc1cc(C(C)=O)ccc1OCCN1C[C@@H](C)O[C@@H](C)C1. The summed E-state index contributed by atoms with van der Waals surface area (Å²) in [5.41, 5.74) is 0.625. The third-order valence-electron chi connectivity index (χ3n) is 3.73. The number of ether oxygens (including phenoxy) is 3. The van der Waals surface area contributed by atoms with Gasteiger partial charge >= 0.3 is 0 Å². The summed E-state index contributed by atoms with van der Waals surface area (Å²) in [5, 5.41) is 0. The second-order valence-corrected chi connectivity index (χ2v) is 5.79. The predicted molar refractivity (Wildman–Crippen MR) is 84.9 cm³/mol. The molecule has 1 aliphatic rings. The van der Waals surface area contributed by atoms with Crippen molar-refractivity contribution in [1.29, 1.82) is 0 Å². The van der Waals surface area contributed by atoms with Crippen molar-refractivity contribution >= 4 is 5.78 Å². The molecule has 1 aromatic carbocycles. The molecular formula is C17H25NO4. The molecular weight excluding hydrogens is 282 g/mol. The van der Waals surface area contributed by atoms with Crippen molar-refractivity contribution in [3.05, 3.63) is 23.8 Å². The summed E-state index contributed by atoms with van der Waals surface area (Å²) in [6.45, 7) is 8.99. The molecule has 0 aliphatic carbocycles. The first kappa shape index (κ1) is 16.8. The van der Waals surface area contributed by atoms with Crippen LogP contribution in [0.2, 0.25) is 0 Å². The van der Waals surface area contributed by atoms with E-state index in [1.54, 1.807) is 25.3 Å². The van der Waals surface area contributed by atoms with E-state index in [1.807, 2.05) is 0 Å². The van der Waals surface area contributed by atoms with E-state index >= 15 is 0 Å². The number of benzene rings is 1. The number of ketones is 1. The van der Waals surface area contributed by atoms with Crippen molar-refractivity contribution in [2.24, 2.45) is 0 Å². The molecule has 1 heterocycles. The minimum absolute atomic E-state index is 0.0149. The summed E-state index contributed by atoms with van der Waals surface area (Å²) in [4.78, 5) is 13.7. The predicted octanol–water partition coefficient (Wildman–Crippen LogP) is 2.39. The molecule has 22 heavy (non-hydrogen) atoms. The van der Waals surface area contributed by atoms with E-state index in [0.29, 0.717) is 23.7 Å². The van der Waals surface area contributed by atoms with Gasteiger partial charge in [-0.3, -0.25) is 9.69 Å². The number of nitrogens with zero attached hydrogens (tertiary/aromatic N) is 1. The molecule has 1 fully saturated rings. The molecule has 2 atom stereocenters. The van der Waals surface area contributed by atoms with Gasteiger partial charge in [0, 0.05) is 25.2 Å². The Morgan fingerprint density at radius 2 is 1.95 bits per heavy atom. The largest absolute Gasteiger partial charge is 0.493 e. The first-order chi connectivity index (χ1) is 10.5. The van der Waals surface area contributed by atoms with Gasteiger partial charge in [-0.15, -0.1) is 0 Å². The molecule has 0 radical (unpaired) electrons. The molecule has 1 saturated heterocycles. The molecule has 5 nitrogen and oxygen atoms in total. The first-order valence-corrected chi connectivity index (χ1v) is 7.69. The standard InChI is InChI=1S/C17H25NO4/c1-12-10-18(11-13(2)22-12)7-8-21-16-6-5-15(14(3)19)9-17(16)20-4/h5-6,9,12-13H,7-8,10-11H2,1-4H3/t12-,13+. The van der Waals surface area contributed by atoms with Crippen molar-refractivity contribution in [1.82, 2.24) is 4.90 Å². The zero-order chi connectivity index (χ0) is 16.1. The van der Waals surface area contributed by atoms with Crippen molar-refractivity contribution in [3.8, 4) is 11.5 Å². The van der Waals surface area contributed by atoms with Gasteiger partial charge in [0.05, 0.1) is 19.3 Å². The third kappa shape index (κ3) is 4.45. The molecule has 0 unspecified atom stereocenters. The average molecular weight is 307 g/mol. The summed E-state index contributed by atoms with van der Waals surface area (Å²) >= 11 is 0. The molecule has 2 rings (SSSR count). The molecule has 0 bridgehead atoms. The fraction of sp³-hybridized carbons (Fsp3) is 0.588. The van der Waals surface area contributed by atoms with E-state index in [0.717, 1.165) is 19.6 Å². The number of hydrogen-bond acceptors (Lipinski definition) is 5. The molecule has 5 heteroatoms. The summed E-state index contributed by atoms with van der Waals surface area (Å²) in [5.74, 6) is 1.28. The average Bonchev–Trinajstić information content (AvgIpc) is 2.46. The second-order valence-electron chi connectivity index (χ2n) is 5.79. The van der Waals surface area contributed by atoms with Crippen molar-refractivity contribution in [2.75, 3.05) is 33.4 Å².